The number of hydrogen-bond acceptors (Lipinski definition) is 5. The molecule has 1 aliphatic heterocycles. The molecule has 0 unspecified atom stereocenters. The van der Waals surface area contributed by atoms with Crippen LogP contribution >= 0.6 is 0 Å². The highest BCUT2D eigenvalue weighted by atomic mass is 16.7. The molecule has 0 aromatic carbocycles. The van der Waals surface area contributed by atoms with E-state index in [0.29, 0.717) is 5.92 Å². The van der Waals surface area contributed by atoms with Gasteiger partial charge in [-0.05, 0) is 53.4 Å². The molecule has 6 nitrogen and oxygen atoms in total. The van der Waals surface area contributed by atoms with Gasteiger partial charge in [0.25, 0.3) is 0 Å². The Balaban J connectivity index is 1.71. The van der Waals surface area contributed by atoms with Crippen molar-refractivity contribution in [3.05, 3.63) is 24.3 Å². The average molecular weight is 352 g/mol. The van der Waals surface area contributed by atoms with Crippen molar-refractivity contribution in [3.63, 3.8) is 0 Å². The van der Waals surface area contributed by atoms with Gasteiger partial charge in [-0.25, -0.2) is 4.52 Å². The zero-order valence-electron chi connectivity index (χ0n) is 15.9. The van der Waals surface area contributed by atoms with E-state index < -0.39 is 7.12 Å². The summed E-state index contributed by atoms with van der Waals surface area (Å²) < 4.78 is 14.4. The van der Waals surface area contributed by atoms with Crippen LogP contribution < -0.4 is 5.46 Å². The highest BCUT2D eigenvalue weighted by Gasteiger charge is 2.52. The summed E-state index contributed by atoms with van der Waals surface area (Å²) in [4.78, 5) is 4.70. The van der Waals surface area contributed by atoms with Gasteiger partial charge in [0.05, 0.1) is 28.5 Å². The zero-order chi connectivity index (χ0) is 18.5. The monoisotopic (exact) mass is 352 g/mol. The molecule has 2 fully saturated rings. The lowest BCUT2D eigenvalue weighted by Gasteiger charge is -2.32. The predicted molar refractivity (Wildman–Crippen MR) is 99.0 cm³/mol. The Bertz CT molecular complexity index is 846. The lowest BCUT2D eigenvalue weighted by Crippen LogP contribution is -2.41. The molecule has 2 aromatic rings. The van der Waals surface area contributed by atoms with Crippen molar-refractivity contribution < 1.29 is 9.31 Å². The molecule has 0 bridgehead atoms. The Labute approximate surface area is 154 Å². The summed E-state index contributed by atoms with van der Waals surface area (Å²) in [6, 6.07) is 2.40. The summed E-state index contributed by atoms with van der Waals surface area (Å²) in [5, 5.41) is 13.7. The van der Waals surface area contributed by atoms with Gasteiger partial charge in [-0.3, -0.25) is 4.98 Å². The van der Waals surface area contributed by atoms with Gasteiger partial charge in [-0.15, -0.1) is 0 Å². The molecule has 1 aliphatic carbocycles. The third kappa shape index (κ3) is 2.72. The van der Waals surface area contributed by atoms with Crippen LogP contribution in [-0.4, -0.2) is 32.9 Å². The van der Waals surface area contributed by atoms with Crippen LogP contribution in [-0.2, 0) is 9.31 Å². The lowest BCUT2D eigenvalue weighted by atomic mass is 9.76. The molecule has 0 N–H and O–H groups in total. The number of nitrogens with zero attached hydrogens (tertiary/aromatic N) is 4. The Kier molecular flexibility index (Phi) is 4.09. The van der Waals surface area contributed by atoms with Gasteiger partial charge in [0, 0.05) is 35.9 Å². The fourth-order valence-electron chi connectivity index (χ4n) is 3.93. The molecule has 4 rings (SSSR count). The first-order valence-corrected chi connectivity index (χ1v) is 9.40. The van der Waals surface area contributed by atoms with Crippen molar-refractivity contribution in [2.24, 2.45) is 5.92 Å². The van der Waals surface area contributed by atoms with Crippen molar-refractivity contribution in [3.8, 4) is 6.07 Å². The van der Waals surface area contributed by atoms with Crippen molar-refractivity contribution >= 4 is 18.1 Å². The SMILES string of the molecule is CC1(C)OB(c2cnn3ccnc(C4CCC(C#N)CC4)c23)OC1(C)C. The summed E-state index contributed by atoms with van der Waals surface area (Å²) in [5.74, 6) is 0.527. The van der Waals surface area contributed by atoms with Gasteiger partial charge >= 0.3 is 7.12 Å². The van der Waals surface area contributed by atoms with Crippen LogP contribution in [0.1, 0.15) is 65.0 Å². The molecule has 2 aliphatic rings. The molecule has 7 heteroatoms. The summed E-state index contributed by atoms with van der Waals surface area (Å²) in [6.07, 6.45) is 9.35. The number of fused-ring (bicyclic) bond motifs is 1. The van der Waals surface area contributed by atoms with E-state index in [1.54, 1.807) is 6.20 Å². The van der Waals surface area contributed by atoms with Crippen molar-refractivity contribution in [2.75, 3.05) is 0 Å². The largest absolute Gasteiger partial charge is 0.498 e. The van der Waals surface area contributed by atoms with E-state index >= 15 is 0 Å². The molecule has 0 radical (unpaired) electrons. The number of aromatic nitrogens is 3. The molecule has 0 amide bonds. The molecule has 0 spiro atoms. The highest BCUT2D eigenvalue weighted by Crippen LogP contribution is 2.38. The first-order chi connectivity index (χ1) is 12.3. The summed E-state index contributed by atoms with van der Waals surface area (Å²) >= 11 is 0. The van der Waals surface area contributed by atoms with Crippen molar-refractivity contribution in [1.29, 1.82) is 5.26 Å². The molecule has 3 heterocycles. The third-order valence-electron chi connectivity index (χ3n) is 6.29. The minimum atomic E-state index is -0.448. The second-order valence-electron chi connectivity index (χ2n) is 8.47. The second kappa shape index (κ2) is 6.07. The quantitative estimate of drug-likeness (QED) is 0.777. The van der Waals surface area contributed by atoms with E-state index in [1.165, 1.54) is 0 Å². The van der Waals surface area contributed by atoms with E-state index in [4.69, 9.17) is 19.6 Å². The minimum absolute atomic E-state index is 0.179. The van der Waals surface area contributed by atoms with Crippen molar-refractivity contribution in [2.45, 2.75) is 70.5 Å². The van der Waals surface area contributed by atoms with Gasteiger partial charge in [0.15, 0.2) is 0 Å². The van der Waals surface area contributed by atoms with Crippen LogP contribution in [0.2, 0.25) is 0 Å². The Morgan fingerprint density at radius 3 is 2.42 bits per heavy atom. The number of hydrogen-bond donors (Lipinski definition) is 0. The van der Waals surface area contributed by atoms with Gasteiger partial charge in [0.1, 0.15) is 0 Å². The van der Waals surface area contributed by atoms with E-state index in [1.807, 2.05) is 16.9 Å². The van der Waals surface area contributed by atoms with Crippen LogP contribution in [0.4, 0.5) is 0 Å². The normalized spacial score (nSPS) is 27.6. The Morgan fingerprint density at radius 2 is 1.81 bits per heavy atom. The molecule has 1 saturated carbocycles. The summed E-state index contributed by atoms with van der Waals surface area (Å²) in [6.45, 7) is 8.23. The Morgan fingerprint density at radius 1 is 1.15 bits per heavy atom. The molecule has 136 valence electrons. The van der Waals surface area contributed by atoms with E-state index in [-0.39, 0.29) is 17.1 Å². The fraction of sp³-hybridized carbons (Fsp3) is 0.632. The van der Waals surface area contributed by atoms with Gasteiger partial charge in [0.2, 0.25) is 0 Å². The standard InChI is InChI=1S/C19H25BN4O2/c1-18(2)19(3,4)26-20(25-18)15-12-23-24-10-9-22-16(17(15)24)14-7-5-13(11-21)6-8-14/h9-10,12-14H,5-8H2,1-4H3. The maximum absolute atomic E-state index is 9.16. The third-order valence-corrected chi connectivity index (χ3v) is 6.29. The van der Waals surface area contributed by atoms with Crippen LogP contribution in [0.3, 0.4) is 0 Å². The summed E-state index contributed by atoms with van der Waals surface area (Å²) in [5.41, 5.74) is 2.20. The minimum Gasteiger partial charge on any atom is -0.399 e. The first-order valence-electron chi connectivity index (χ1n) is 9.40. The number of nitriles is 1. The highest BCUT2D eigenvalue weighted by molar-refractivity contribution is 6.64. The molecular weight excluding hydrogens is 327 g/mol. The van der Waals surface area contributed by atoms with Crippen LogP contribution in [0.25, 0.3) is 5.52 Å². The van der Waals surface area contributed by atoms with Crippen LogP contribution in [0.15, 0.2) is 18.6 Å². The van der Waals surface area contributed by atoms with E-state index in [0.717, 1.165) is 42.4 Å². The fourth-order valence-corrected chi connectivity index (χ4v) is 3.93. The molecule has 2 aromatic heterocycles. The van der Waals surface area contributed by atoms with Gasteiger partial charge < -0.3 is 9.31 Å². The summed E-state index contributed by atoms with van der Waals surface area (Å²) in [7, 11) is -0.448. The van der Waals surface area contributed by atoms with Crippen LogP contribution in [0, 0.1) is 17.2 Å². The average Bonchev–Trinajstić information content (AvgIpc) is 3.13. The Hall–Kier alpha value is -1.91. The van der Waals surface area contributed by atoms with E-state index in [2.05, 4.69) is 38.9 Å². The smallest absolute Gasteiger partial charge is 0.399 e. The molecular formula is C19H25BN4O2. The maximum atomic E-state index is 9.16. The maximum Gasteiger partial charge on any atom is 0.498 e. The zero-order valence-corrected chi connectivity index (χ0v) is 15.9. The first kappa shape index (κ1) is 17.5. The second-order valence-corrected chi connectivity index (χ2v) is 8.47. The molecule has 1 saturated heterocycles. The lowest BCUT2D eigenvalue weighted by molar-refractivity contribution is 0.00578. The predicted octanol–water partition coefficient (Wildman–Crippen LogP) is 2.83. The molecule has 0 atom stereocenters. The van der Waals surface area contributed by atoms with Crippen molar-refractivity contribution in [1.82, 2.24) is 14.6 Å². The number of rotatable bonds is 2. The molecule has 26 heavy (non-hydrogen) atoms. The van der Waals surface area contributed by atoms with Gasteiger partial charge in [-0.1, -0.05) is 0 Å². The van der Waals surface area contributed by atoms with Gasteiger partial charge in [-0.2, -0.15) is 10.4 Å². The van der Waals surface area contributed by atoms with E-state index in [9.17, 15) is 0 Å². The van der Waals surface area contributed by atoms with Crippen LogP contribution in [0.5, 0.6) is 0 Å². The topological polar surface area (TPSA) is 72.4 Å².